The molecule has 1 fully saturated rings. The third-order valence-electron chi connectivity index (χ3n) is 2.92. The van der Waals surface area contributed by atoms with Crippen LogP contribution in [0.3, 0.4) is 0 Å². The van der Waals surface area contributed by atoms with E-state index < -0.39 is 0 Å². The number of hydrogen-bond donors (Lipinski definition) is 1. The SMILES string of the molecule is C=C1NC(CCC)=N/C=C(C=C2CC2)\C=C/1C. The van der Waals surface area contributed by atoms with Gasteiger partial charge in [-0.25, -0.2) is 4.99 Å². The Bertz CT molecular complexity index is 442. The van der Waals surface area contributed by atoms with E-state index in [2.05, 4.69) is 42.9 Å². The summed E-state index contributed by atoms with van der Waals surface area (Å²) in [6, 6.07) is 0. The van der Waals surface area contributed by atoms with E-state index in [0.717, 1.165) is 24.4 Å². The molecule has 17 heavy (non-hydrogen) atoms. The van der Waals surface area contributed by atoms with E-state index in [9.17, 15) is 0 Å². The molecule has 0 amide bonds. The number of nitrogens with zero attached hydrogens (tertiary/aromatic N) is 1. The van der Waals surface area contributed by atoms with Gasteiger partial charge in [0.15, 0.2) is 0 Å². The minimum absolute atomic E-state index is 0.956. The molecule has 2 rings (SSSR count). The van der Waals surface area contributed by atoms with Crippen molar-refractivity contribution < 1.29 is 0 Å². The van der Waals surface area contributed by atoms with Crippen LogP contribution in [0.15, 0.2) is 52.3 Å². The molecule has 0 spiro atoms. The van der Waals surface area contributed by atoms with Crippen molar-refractivity contribution in [2.45, 2.75) is 39.5 Å². The van der Waals surface area contributed by atoms with Gasteiger partial charge in [-0.3, -0.25) is 0 Å². The molecule has 2 nitrogen and oxygen atoms in total. The average molecular weight is 228 g/mol. The van der Waals surface area contributed by atoms with E-state index in [1.54, 1.807) is 0 Å². The quantitative estimate of drug-likeness (QED) is 0.779. The molecule has 90 valence electrons. The lowest BCUT2D eigenvalue weighted by Crippen LogP contribution is -2.23. The predicted molar refractivity (Wildman–Crippen MR) is 73.8 cm³/mol. The van der Waals surface area contributed by atoms with Gasteiger partial charge in [0.05, 0.1) is 0 Å². The first-order valence-electron chi connectivity index (χ1n) is 6.30. The molecule has 0 unspecified atom stereocenters. The smallest absolute Gasteiger partial charge is 0.106 e. The van der Waals surface area contributed by atoms with E-state index in [1.165, 1.54) is 29.6 Å². The fourth-order valence-electron chi connectivity index (χ4n) is 1.73. The third-order valence-corrected chi connectivity index (χ3v) is 2.92. The Hall–Kier alpha value is -1.57. The van der Waals surface area contributed by atoms with Crippen LogP contribution in [0.2, 0.25) is 0 Å². The van der Waals surface area contributed by atoms with Crippen LogP contribution in [-0.2, 0) is 0 Å². The molecular weight excluding hydrogens is 208 g/mol. The zero-order chi connectivity index (χ0) is 12.3. The summed E-state index contributed by atoms with van der Waals surface area (Å²) in [6.45, 7) is 8.30. The van der Waals surface area contributed by atoms with Gasteiger partial charge >= 0.3 is 0 Å². The minimum atomic E-state index is 0.956. The van der Waals surface area contributed by atoms with Gasteiger partial charge in [0.25, 0.3) is 0 Å². The second-order valence-corrected chi connectivity index (χ2v) is 4.69. The standard InChI is InChI=1S/C15H20N2/c1-4-5-15-16-10-14(9-13-6-7-13)8-11(2)12(3)17-15/h8-10H,3-7H2,1-2H3,(H,16,17)/b11-8-,14-10+. The van der Waals surface area contributed by atoms with Gasteiger partial charge in [-0.15, -0.1) is 0 Å². The maximum absolute atomic E-state index is 4.51. The number of rotatable bonds is 3. The van der Waals surface area contributed by atoms with Gasteiger partial charge in [0.2, 0.25) is 0 Å². The molecule has 0 radical (unpaired) electrons. The van der Waals surface area contributed by atoms with Crippen LogP contribution in [0.4, 0.5) is 0 Å². The summed E-state index contributed by atoms with van der Waals surface area (Å²) in [5.74, 6) is 1.01. The van der Waals surface area contributed by atoms with Crippen molar-refractivity contribution in [2.75, 3.05) is 0 Å². The second kappa shape index (κ2) is 5.17. The highest BCUT2D eigenvalue weighted by molar-refractivity contribution is 5.85. The zero-order valence-corrected chi connectivity index (χ0v) is 10.7. The molecule has 1 aliphatic carbocycles. The van der Waals surface area contributed by atoms with E-state index in [0.29, 0.717) is 0 Å². The summed E-state index contributed by atoms with van der Waals surface area (Å²) in [5, 5.41) is 3.28. The van der Waals surface area contributed by atoms with E-state index in [4.69, 9.17) is 0 Å². The van der Waals surface area contributed by atoms with Gasteiger partial charge < -0.3 is 5.32 Å². The Morgan fingerprint density at radius 3 is 2.88 bits per heavy atom. The van der Waals surface area contributed by atoms with Crippen LogP contribution < -0.4 is 5.32 Å². The Balaban J connectivity index is 2.27. The van der Waals surface area contributed by atoms with Crippen LogP contribution in [0.1, 0.15) is 39.5 Å². The minimum Gasteiger partial charge on any atom is -0.344 e. The lowest BCUT2D eigenvalue weighted by Gasteiger charge is -2.14. The molecule has 2 heteroatoms. The molecule has 1 heterocycles. The molecule has 0 aromatic heterocycles. The van der Waals surface area contributed by atoms with Gasteiger partial charge in [-0.1, -0.05) is 25.2 Å². The first-order chi connectivity index (χ1) is 8.19. The lowest BCUT2D eigenvalue weighted by atomic mass is 10.1. The highest BCUT2D eigenvalue weighted by Gasteiger charge is 2.12. The monoisotopic (exact) mass is 228 g/mol. The molecular formula is C15H20N2. The summed E-state index contributed by atoms with van der Waals surface area (Å²) in [5.41, 5.74) is 4.84. The largest absolute Gasteiger partial charge is 0.344 e. The predicted octanol–water partition coefficient (Wildman–Crippen LogP) is 3.85. The molecule has 1 N–H and O–H groups in total. The van der Waals surface area contributed by atoms with Crippen molar-refractivity contribution in [3.8, 4) is 0 Å². The van der Waals surface area contributed by atoms with Gasteiger partial charge in [-0.2, -0.15) is 0 Å². The van der Waals surface area contributed by atoms with E-state index in [-0.39, 0.29) is 0 Å². The summed E-state index contributed by atoms with van der Waals surface area (Å²) >= 11 is 0. The molecule has 1 saturated carbocycles. The van der Waals surface area contributed by atoms with Gasteiger partial charge in [-0.05, 0) is 43.4 Å². The fourth-order valence-corrected chi connectivity index (χ4v) is 1.73. The van der Waals surface area contributed by atoms with Crippen LogP contribution in [0.25, 0.3) is 0 Å². The Kier molecular flexibility index (Phi) is 3.62. The number of nitrogens with one attached hydrogen (secondary N) is 1. The first kappa shape index (κ1) is 11.9. The lowest BCUT2D eigenvalue weighted by molar-refractivity contribution is 0.940. The van der Waals surface area contributed by atoms with Crippen molar-refractivity contribution in [1.82, 2.24) is 5.32 Å². The third kappa shape index (κ3) is 3.45. The molecule has 1 aliphatic heterocycles. The zero-order valence-electron chi connectivity index (χ0n) is 10.7. The number of hydrogen-bond acceptors (Lipinski definition) is 2. The first-order valence-corrected chi connectivity index (χ1v) is 6.30. The molecule has 0 atom stereocenters. The normalized spacial score (nSPS) is 25.6. The highest BCUT2D eigenvalue weighted by Crippen LogP contribution is 2.29. The van der Waals surface area contributed by atoms with E-state index >= 15 is 0 Å². The van der Waals surface area contributed by atoms with Crippen LogP contribution in [0.5, 0.6) is 0 Å². The van der Waals surface area contributed by atoms with Gasteiger partial charge in [0.1, 0.15) is 5.84 Å². The molecule has 0 aromatic rings. The molecule has 0 saturated heterocycles. The highest BCUT2D eigenvalue weighted by atomic mass is 15.0. The summed E-state index contributed by atoms with van der Waals surface area (Å²) in [7, 11) is 0. The molecule has 2 aliphatic rings. The van der Waals surface area contributed by atoms with Crippen LogP contribution in [0, 0.1) is 0 Å². The van der Waals surface area contributed by atoms with Crippen molar-refractivity contribution in [1.29, 1.82) is 0 Å². The number of allylic oxidation sites excluding steroid dienone is 5. The summed E-state index contributed by atoms with van der Waals surface area (Å²) < 4.78 is 0. The molecule has 0 aromatic carbocycles. The molecule has 0 bridgehead atoms. The Morgan fingerprint density at radius 2 is 2.24 bits per heavy atom. The maximum Gasteiger partial charge on any atom is 0.106 e. The fraction of sp³-hybridized carbons (Fsp3) is 0.400. The number of aliphatic imine (C=N–C) groups is 1. The van der Waals surface area contributed by atoms with Crippen molar-refractivity contribution in [3.63, 3.8) is 0 Å². The second-order valence-electron chi connectivity index (χ2n) is 4.69. The van der Waals surface area contributed by atoms with Gasteiger partial charge in [0, 0.05) is 18.3 Å². The topological polar surface area (TPSA) is 24.4 Å². The Labute approximate surface area is 104 Å². The maximum atomic E-state index is 4.51. The average Bonchev–Trinajstić information content (AvgIpc) is 3.08. The number of amidine groups is 1. The van der Waals surface area contributed by atoms with Crippen molar-refractivity contribution in [3.05, 3.63) is 47.3 Å². The van der Waals surface area contributed by atoms with Crippen molar-refractivity contribution in [2.24, 2.45) is 4.99 Å². The van der Waals surface area contributed by atoms with E-state index in [1.807, 2.05) is 6.20 Å². The van der Waals surface area contributed by atoms with Crippen LogP contribution in [-0.4, -0.2) is 5.84 Å². The summed E-state index contributed by atoms with van der Waals surface area (Å²) in [6.07, 6.45) is 10.9. The van der Waals surface area contributed by atoms with Crippen molar-refractivity contribution >= 4 is 5.84 Å². The Morgan fingerprint density at radius 1 is 1.47 bits per heavy atom. The van der Waals surface area contributed by atoms with Crippen LogP contribution >= 0.6 is 0 Å². The summed E-state index contributed by atoms with van der Waals surface area (Å²) in [4.78, 5) is 4.51.